The fourth-order valence-electron chi connectivity index (χ4n) is 1.98. The first kappa shape index (κ1) is 17.8. The monoisotopic (exact) mass is 312 g/mol. The van der Waals surface area contributed by atoms with Crippen molar-refractivity contribution in [1.82, 2.24) is 5.32 Å². The van der Waals surface area contributed by atoms with Gasteiger partial charge in [-0.25, -0.2) is 0 Å². The first-order valence-electron chi connectivity index (χ1n) is 7.12. The van der Waals surface area contributed by atoms with Gasteiger partial charge in [0.2, 0.25) is 0 Å². The second kappa shape index (κ2) is 7.66. The maximum absolute atomic E-state index is 12.6. The molecule has 6 heteroatoms. The van der Waals surface area contributed by atoms with Crippen LogP contribution in [0, 0.1) is 15.5 Å². The van der Waals surface area contributed by atoms with E-state index in [1.807, 2.05) is 0 Å². The van der Waals surface area contributed by atoms with Gasteiger partial charge in [-0.2, -0.15) is 0 Å². The van der Waals surface area contributed by atoms with Crippen LogP contribution in [0.5, 0.6) is 0 Å². The zero-order chi connectivity index (χ0) is 16.0. The molecule has 0 saturated heterocycles. The Morgan fingerprint density at radius 1 is 1.33 bits per heavy atom. The largest absolute Gasteiger partial charge is 0.313 e. The molecule has 1 aromatic rings. The number of hydrogen-bond acceptors (Lipinski definition) is 4. The minimum Gasteiger partial charge on any atom is -0.313 e. The lowest BCUT2D eigenvalue weighted by atomic mass is 9.88. The standard InChI is InChI=1S/C15H24N2O3S/c1-5-10-16-14(15(2,3)4)11-21(20)13-9-7-6-8-12(13)17(18)19/h6-9,14,16H,5,10-11H2,1-4H3. The summed E-state index contributed by atoms with van der Waals surface area (Å²) in [7, 11) is -1.40. The number of benzene rings is 1. The molecule has 0 fully saturated rings. The van der Waals surface area contributed by atoms with E-state index in [4.69, 9.17) is 0 Å². The molecule has 0 amide bonds. The molecular weight excluding hydrogens is 288 g/mol. The predicted molar refractivity (Wildman–Crippen MR) is 85.9 cm³/mol. The summed E-state index contributed by atoms with van der Waals surface area (Å²) in [5.41, 5.74) is -0.132. The van der Waals surface area contributed by atoms with E-state index in [1.165, 1.54) is 6.07 Å². The molecule has 5 nitrogen and oxygen atoms in total. The van der Waals surface area contributed by atoms with Gasteiger partial charge in [-0.05, 0) is 24.4 Å². The second-order valence-electron chi connectivity index (χ2n) is 6.11. The second-order valence-corrected chi connectivity index (χ2v) is 7.57. The summed E-state index contributed by atoms with van der Waals surface area (Å²) in [6, 6.07) is 6.30. The van der Waals surface area contributed by atoms with Gasteiger partial charge in [0, 0.05) is 17.9 Å². The molecule has 0 saturated carbocycles. The number of nitro groups is 1. The van der Waals surface area contributed by atoms with Crippen molar-refractivity contribution in [2.75, 3.05) is 12.3 Å². The maximum Gasteiger partial charge on any atom is 0.285 e. The Labute approximate surface area is 128 Å². The van der Waals surface area contributed by atoms with Gasteiger partial charge in [-0.3, -0.25) is 14.3 Å². The molecule has 21 heavy (non-hydrogen) atoms. The molecule has 2 unspecified atom stereocenters. The maximum atomic E-state index is 12.6. The topological polar surface area (TPSA) is 72.2 Å². The van der Waals surface area contributed by atoms with Crippen LogP contribution in [0.4, 0.5) is 5.69 Å². The number of nitro benzene ring substituents is 1. The molecule has 0 bridgehead atoms. The Balaban J connectivity index is 2.95. The molecular formula is C15H24N2O3S. The molecule has 0 spiro atoms. The van der Waals surface area contributed by atoms with Crippen molar-refractivity contribution >= 4 is 16.5 Å². The first-order valence-corrected chi connectivity index (χ1v) is 8.44. The quantitative estimate of drug-likeness (QED) is 0.620. The fraction of sp³-hybridized carbons (Fsp3) is 0.600. The van der Waals surface area contributed by atoms with Gasteiger partial charge in [-0.15, -0.1) is 0 Å². The Hall–Kier alpha value is -1.27. The zero-order valence-corrected chi connectivity index (χ0v) is 13.9. The SMILES string of the molecule is CCCNC(CS(=O)c1ccccc1[N+](=O)[O-])C(C)(C)C. The lowest BCUT2D eigenvalue weighted by Gasteiger charge is -2.31. The molecule has 0 aliphatic rings. The van der Waals surface area contributed by atoms with Crippen LogP contribution < -0.4 is 5.32 Å². The van der Waals surface area contributed by atoms with Crippen molar-refractivity contribution in [1.29, 1.82) is 0 Å². The fourth-order valence-corrected chi connectivity index (χ4v) is 3.68. The van der Waals surface area contributed by atoms with E-state index >= 15 is 0 Å². The Kier molecular flexibility index (Phi) is 6.48. The van der Waals surface area contributed by atoms with Crippen LogP contribution >= 0.6 is 0 Å². The van der Waals surface area contributed by atoms with E-state index in [0.717, 1.165) is 13.0 Å². The van der Waals surface area contributed by atoms with Crippen LogP contribution in [0.25, 0.3) is 0 Å². The lowest BCUT2D eigenvalue weighted by Crippen LogP contribution is -2.44. The van der Waals surface area contributed by atoms with E-state index in [2.05, 4.69) is 33.0 Å². The highest BCUT2D eigenvalue weighted by atomic mass is 32.2. The summed E-state index contributed by atoms with van der Waals surface area (Å²) in [5, 5.41) is 14.4. The zero-order valence-electron chi connectivity index (χ0n) is 13.1. The molecule has 118 valence electrons. The van der Waals surface area contributed by atoms with Gasteiger partial charge in [-0.1, -0.05) is 39.8 Å². The van der Waals surface area contributed by atoms with Crippen molar-refractivity contribution in [2.24, 2.45) is 5.41 Å². The summed E-state index contributed by atoms with van der Waals surface area (Å²) in [6.45, 7) is 9.16. The van der Waals surface area contributed by atoms with E-state index in [-0.39, 0.29) is 17.1 Å². The smallest absolute Gasteiger partial charge is 0.285 e. The Bertz CT molecular complexity index is 512. The van der Waals surface area contributed by atoms with Crippen LogP contribution in [-0.2, 0) is 10.8 Å². The van der Waals surface area contributed by atoms with Gasteiger partial charge in [0.25, 0.3) is 5.69 Å². The number of para-hydroxylation sites is 1. The third kappa shape index (κ3) is 5.21. The van der Waals surface area contributed by atoms with Gasteiger partial charge < -0.3 is 5.32 Å². The molecule has 1 N–H and O–H groups in total. The first-order chi connectivity index (χ1) is 9.77. The van der Waals surface area contributed by atoms with E-state index in [1.54, 1.807) is 18.2 Å². The number of nitrogens with zero attached hydrogens (tertiary/aromatic N) is 1. The van der Waals surface area contributed by atoms with Crippen molar-refractivity contribution in [3.05, 3.63) is 34.4 Å². The number of rotatable bonds is 7. The predicted octanol–water partition coefficient (Wildman–Crippen LogP) is 3.12. The van der Waals surface area contributed by atoms with Crippen LogP contribution in [0.2, 0.25) is 0 Å². The summed E-state index contributed by atoms with van der Waals surface area (Å²) >= 11 is 0. The minimum absolute atomic E-state index is 0.0399. The molecule has 1 rings (SSSR count). The van der Waals surface area contributed by atoms with Gasteiger partial charge >= 0.3 is 0 Å². The molecule has 0 aromatic heterocycles. The molecule has 0 heterocycles. The number of hydrogen-bond donors (Lipinski definition) is 1. The summed E-state index contributed by atoms with van der Waals surface area (Å²) in [6.07, 6.45) is 0.991. The average Bonchev–Trinajstić information content (AvgIpc) is 2.41. The van der Waals surface area contributed by atoms with E-state index in [9.17, 15) is 14.3 Å². The molecule has 1 aromatic carbocycles. The molecule has 0 aliphatic carbocycles. The van der Waals surface area contributed by atoms with Crippen molar-refractivity contribution in [2.45, 2.75) is 45.1 Å². The minimum atomic E-state index is -1.40. The summed E-state index contributed by atoms with van der Waals surface area (Å²) in [4.78, 5) is 10.9. The average molecular weight is 312 g/mol. The summed E-state index contributed by atoms with van der Waals surface area (Å²) in [5.74, 6) is 0.369. The Morgan fingerprint density at radius 2 is 1.95 bits per heavy atom. The van der Waals surface area contributed by atoms with Crippen LogP contribution in [-0.4, -0.2) is 27.5 Å². The van der Waals surface area contributed by atoms with Gasteiger partial charge in [0.05, 0.1) is 15.7 Å². The van der Waals surface area contributed by atoms with Crippen molar-refractivity contribution in [3.63, 3.8) is 0 Å². The van der Waals surface area contributed by atoms with E-state index < -0.39 is 15.7 Å². The van der Waals surface area contributed by atoms with Crippen LogP contribution in [0.1, 0.15) is 34.1 Å². The molecule has 2 atom stereocenters. The van der Waals surface area contributed by atoms with E-state index in [0.29, 0.717) is 10.6 Å². The Morgan fingerprint density at radius 3 is 2.48 bits per heavy atom. The molecule has 0 radical (unpaired) electrons. The summed E-state index contributed by atoms with van der Waals surface area (Å²) < 4.78 is 12.6. The van der Waals surface area contributed by atoms with Crippen LogP contribution in [0.3, 0.4) is 0 Å². The van der Waals surface area contributed by atoms with Gasteiger partial charge in [0.15, 0.2) is 0 Å². The third-order valence-corrected chi connectivity index (χ3v) is 4.78. The van der Waals surface area contributed by atoms with Gasteiger partial charge in [0.1, 0.15) is 4.90 Å². The van der Waals surface area contributed by atoms with Crippen molar-refractivity contribution in [3.8, 4) is 0 Å². The highest BCUT2D eigenvalue weighted by Gasteiger charge is 2.28. The normalized spacial score (nSPS) is 14.7. The third-order valence-electron chi connectivity index (χ3n) is 3.31. The van der Waals surface area contributed by atoms with Crippen LogP contribution in [0.15, 0.2) is 29.2 Å². The highest BCUT2D eigenvalue weighted by molar-refractivity contribution is 7.85. The van der Waals surface area contributed by atoms with Crippen molar-refractivity contribution < 1.29 is 9.13 Å². The number of nitrogens with one attached hydrogen (secondary N) is 1. The highest BCUT2D eigenvalue weighted by Crippen LogP contribution is 2.26. The lowest BCUT2D eigenvalue weighted by molar-refractivity contribution is -0.387. The molecule has 0 aliphatic heterocycles.